The number of aromatic nitrogens is 2. The summed E-state index contributed by atoms with van der Waals surface area (Å²) >= 11 is 0. The van der Waals surface area contributed by atoms with Crippen molar-refractivity contribution >= 4 is 0 Å². The first-order chi connectivity index (χ1) is 8.32. The van der Waals surface area contributed by atoms with Crippen LogP contribution in [0.25, 0.3) is 11.3 Å². The van der Waals surface area contributed by atoms with Crippen molar-refractivity contribution in [2.75, 3.05) is 0 Å². The highest BCUT2D eigenvalue weighted by Crippen LogP contribution is 2.35. The lowest BCUT2D eigenvalue weighted by atomic mass is 10.1. The molecule has 2 aromatic rings. The molecule has 18 heavy (non-hydrogen) atoms. The van der Waals surface area contributed by atoms with Gasteiger partial charge in [0.2, 0.25) is 0 Å². The predicted molar refractivity (Wildman–Crippen MR) is 73.8 cm³/mol. The third kappa shape index (κ3) is 2.01. The summed E-state index contributed by atoms with van der Waals surface area (Å²) in [6.07, 6.45) is 0. The first kappa shape index (κ1) is 12.7. The summed E-state index contributed by atoms with van der Waals surface area (Å²) < 4.78 is 1.88. The minimum Gasteiger partial charge on any atom is -0.504 e. The van der Waals surface area contributed by atoms with E-state index in [2.05, 4.69) is 25.9 Å². The fourth-order valence-electron chi connectivity index (χ4n) is 2.17. The summed E-state index contributed by atoms with van der Waals surface area (Å²) in [4.78, 5) is 0. The van der Waals surface area contributed by atoms with E-state index >= 15 is 0 Å². The fourth-order valence-corrected chi connectivity index (χ4v) is 2.17. The van der Waals surface area contributed by atoms with Gasteiger partial charge in [0.1, 0.15) is 5.69 Å². The van der Waals surface area contributed by atoms with Gasteiger partial charge in [0, 0.05) is 5.56 Å². The summed E-state index contributed by atoms with van der Waals surface area (Å²) in [7, 11) is 0. The van der Waals surface area contributed by atoms with E-state index in [1.54, 1.807) is 0 Å². The molecular formula is C15H20N2O. The predicted octanol–water partition coefficient (Wildman–Crippen LogP) is 3.63. The molecule has 0 saturated carbocycles. The van der Waals surface area contributed by atoms with Crippen LogP contribution < -0.4 is 0 Å². The SMILES string of the molecule is Cc1ccccc1-c1nn(C(C)(C)C)c(C)c1O. The largest absolute Gasteiger partial charge is 0.504 e. The van der Waals surface area contributed by atoms with Crippen molar-refractivity contribution < 1.29 is 5.11 Å². The lowest BCUT2D eigenvalue weighted by molar-refractivity contribution is 0.345. The second-order valence-electron chi connectivity index (χ2n) is 5.68. The zero-order valence-corrected chi connectivity index (χ0v) is 11.7. The molecule has 0 saturated heterocycles. The lowest BCUT2D eigenvalue weighted by Gasteiger charge is -2.20. The number of aromatic hydroxyl groups is 1. The molecule has 0 spiro atoms. The standard InChI is InChI=1S/C15H20N2O/c1-10-8-6-7-9-12(10)13-14(18)11(2)17(16-13)15(3,4)5/h6-9,18H,1-5H3. The number of nitrogens with zero attached hydrogens (tertiary/aromatic N) is 2. The first-order valence-corrected chi connectivity index (χ1v) is 6.17. The van der Waals surface area contributed by atoms with Crippen LogP contribution in [0.2, 0.25) is 0 Å². The van der Waals surface area contributed by atoms with E-state index < -0.39 is 0 Å². The second-order valence-corrected chi connectivity index (χ2v) is 5.68. The molecule has 96 valence electrons. The van der Waals surface area contributed by atoms with E-state index in [1.807, 2.05) is 42.8 Å². The number of hydrogen-bond acceptors (Lipinski definition) is 2. The smallest absolute Gasteiger partial charge is 0.164 e. The van der Waals surface area contributed by atoms with Crippen molar-refractivity contribution in [3.63, 3.8) is 0 Å². The molecule has 0 atom stereocenters. The Balaban J connectivity index is 2.65. The molecule has 0 fully saturated rings. The van der Waals surface area contributed by atoms with Crippen LogP contribution in [0.15, 0.2) is 24.3 Å². The van der Waals surface area contributed by atoms with Crippen molar-refractivity contribution in [2.24, 2.45) is 0 Å². The average Bonchev–Trinajstić information content (AvgIpc) is 2.57. The molecule has 1 N–H and O–H groups in total. The first-order valence-electron chi connectivity index (χ1n) is 6.17. The fraction of sp³-hybridized carbons (Fsp3) is 0.400. The van der Waals surface area contributed by atoms with Crippen molar-refractivity contribution in [1.29, 1.82) is 0 Å². The molecule has 0 aliphatic carbocycles. The van der Waals surface area contributed by atoms with E-state index in [1.165, 1.54) is 0 Å². The summed E-state index contributed by atoms with van der Waals surface area (Å²) in [5, 5.41) is 14.9. The Morgan fingerprint density at radius 2 is 1.72 bits per heavy atom. The minimum atomic E-state index is -0.136. The molecule has 1 aromatic heterocycles. The van der Waals surface area contributed by atoms with Gasteiger partial charge in [-0.15, -0.1) is 0 Å². The van der Waals surface area contributed by atoms with Gasteiger partial charge in [-0.25, -0.2) is 0 Å². The van der Waals surface area contributed by atoms with Crippen LogP contribution in [0.5, 0.6) is 5.75 Å². The molecule has 1 aromatic carbocycles. The minimum absolute atomic E-state index is 0.136. The summed E-state index contributed by atoms with van der Waals surface area (Å²) in [5.74, 6) is 0.277. The van der Waals surface area contributed by atoms with Crippen LogP contribution in [-0.4, -0.2) is 14.9 Å². The van der Waals surface area contributed by atoms with Crippen LogP contribution in [0.3, 0.4) is 0 Å². The Labute approximate surface area is 108 Å². The van der Waals surface area contributed by atoms with Crippen LogP contribution in [0.4, 0.5) is 0 Å². The Morgan fingerprint density at radius 1 is 1.11 bits per heavy atom. The monoisotopic (exact) mass is 244 g/mol. The maximum Gasteiger partial charge on any atom is 0.164 e. The highest BCUT2D eigenvalue weighted by Gasteiger charge is 2.23. The van der Waals surface area contributed by atoms with Crippen molar-refractivity contribution in [3.8, 4) is 17.0 Å². The summed E-state index contributed by atoms with van der Waals surface area (Å²) in [5.41, 5.74) is 3.44. The van der Waals surface area contributed by atoms with Gasteiger partial charge in [0.15, 0.2) is 5.75 Å². The molecule has 2 rings (SSSR count). The highest BCUT2D eigenvalue weighted by molar-refractivity contribution is 5.70. The van der Waals surface area contributed by atoms with Gasteiger partial charge in [0.05, 0.1) is 11.2 Å². The normalized spacial score (nSPS) is 11.8. The number of hydrogen-bond donors (Lipinski definition) is 1. The van der Waals surface area contributed by atoms with Gasteiger partial charge in [-0.05, 0) is 40.2 Å². The van der Waals surface area contributed by atoms with Gasteiger partial charge in [-0.1, -0.05) is 24.3 Å². The van der Waals surface area contributed by atoms with E-state index in [4.69, 9.17) is 0 Å². The van der Waals surface area contributed by atoms with Crippen LogP contribution in [0, 0.1) is 13.8 Å². The van der Waals surface area contributed by atoms with E-state index in [0.29, 0.717) is 5.69 Å². The van der Waals surface area contributed by atoms with Crippen molar-refractivity contribution in [2.45, 2.75) is 40.2 Å². The Hall–Kier alpha value is -1.77. The van der Waals surface area contributed by atoms with Gasteiger partial charge in [-0.2, -0.15) is 5.10 Å². The Morgan fingerprint density at radius 3 is 2.22 bits per heavy atom. The van der Waals surface area contributed by atoms with E-state index in [0.717, 1.165) is 16.8 Å². The molecule has 1 heterocycles. The Kier molecular flexibility index (Phi) is 2.93. The number of rotatable bonds is 1. The molecule has 0 unspecified atom stereocenters. The Bertz CT molecular complexity index is 577. The summed E-state index contributed by atoms with van der Waals surface area (Å²) in [6, 6.07) is 7.97. The van der Waals surface area contributed by atoms with E-state index in [9.17, 15) is 5.11 Å². The highest BCUT2D eigenvalue weighted by atomic mass is 16.3. The zero-order valence-electron chi connectivity index (χ0n) is 11.7. The zero-order chi connectivity index (χ0) is 13.5. The maximum absolute atomic E-state index is 10.3. The summed E-state index contributed by atoms with van der Waals surface area (Å²) in [6.45, 7) is 10.2. The van der Waals surface area contributed by atoms with Crippen LogP contribution >= 0.6 is 0 Å². The second kappa shape index (κ2) is 4.16. The average molecular weight is 244 g/mol. The molecule has 0 bridgehead atoms. The van der Waals surface area contributed by atoms with Crippen molar-refractivity contribution in [1.82, 2.24) is 9.78 Å². The third-order valence-corrected chi connectivity index (χ3v) is 3.12. The molecule has 3 heteroatoms. The van der Waals surface area contributed by atoms with E-state index in [-0.39, 0.29) is 11.3 Å². The maximum atomic E-state index is 10.3. The molecule has 0 amide bonds. The molecule has 0 radical (unpaired) electrons. The quantitative estimate of drug-likeness (QED) is 0.832. The number of aryl methyl sites for hydroxylation is 1. The molecule has 0 aliphatic rings. The van der Waals surface area contributed by atoms with Gasteiger partial charge in [-0.3, -0.25) is 4.68 Å². The van der Waals surface area contributed by atoms with Crippen molar-refractivity contribution in [3.05, 3.63) is 35.5 Å². The lowest BCUT2D eigenvalue weighted by Crippen LogP contribution is -2.24. The van der Waals surface area contributed by atoms with Gasteiger partial charge in [0.25, 0.3) is 0 Å². The molecule has 3 nitrogen and oxygen atoms in total. The molecular weight excluding hydrogens is 224 g/mol. The molecule has 0 aliphatic heterocycles. The topological polar surface area (TPSA) is 38.0 Å². The van der Waals surface area contributed by atoms with Crippen LogP contribution in [-0.2, 0) is 5.54 Å². The van der Waals surface area contributed by atoms with Crippen LogP contribution in [0.1, 0.15) is 32.0 Å². The third-order valence-electron chi connectivity index (χ3n) is 3.12. The van der Waals surface area contributed by atoms with Gasteiger partial charge < -0.3 is 5.11 Å². The van der Waals surface area contributed by atoms with Gasteiger partial charge >= 0.3 is 0 Å². The number of benzene rings is 1.